The van der Waals surface area contributed by atoms with E-state index >= 15 is 0 Å². The first-order chi connectivity index (χ1) is 8.70. The summed E-state index contributed by atoms with van der Waals surface area (Å²) in [5.74, 6) is 0.997. The van der Waals surface area contributed by atoms with Crippen LogP contribution in [0.25, 0.3) is 0 Å². The van der Waals surface area contributed by atoms with Crippen LogP contribution in [0.15, 0.2) is 0 Å². The van der Waals surface area contributed by atoms with Gasteiger partial charge in [-0.1, -0.05) is 6.92 Å². The van der Waals surface area contributed by atoms with Gasteiger partial charge in [0.15, 0.2) is 0 Å². The maximum absolute atomic E-state index is 8.84. The Kier molecular flexibility index (Phi) is 38.4. The number of hydrogen-bond acceptors (Lipinski definition) is 2. The van der Waals surface area contributed by atoms with E-state index in [1.165, 1.54) is 0 Å². The van der Waals surface area contributed by atoms with Crippen molar-refractivity contribution in [1.29, 1.82) is 0 Å². The molecule has 1 aliphatic carbocycles. The molecule has 0 spiro atoms. The minimum Gasteiger partial charge on any atom is -0.394 e. The average molecular weight is 346 g/mol. The van der Waals surface area contributed by atoms with Gasteiger partial charge < -0.3 is 10.2 Å². The molecule has 0 bridgehead atoms. The smallest absolute Gasteiger partial charge is 0.0776 e. The monoisotopic (exact) mass is 348 g/mol. The summed E-state index contributed by atoms with van der Waals surface area (Å²) in [5.41, 5.74) is 0. The standard InChI is InChI=1S/C7H13O2.C5H5.2CO.Mo/c1-3-6(2)4-7(9)5-8;1-2-4-5-3-1;2*1-2;/h3,7-9H,1,4-5H2,2H3;1-5H;;;. The molecule has 1 fully saturated rings. The predicted molar refractivity (Wildman–Crippen MR) is 65.6 cm³/mol. The van der Waals surface area contributed by atoms with Crippen molar-refractivity contribution in [2.45, 2.75) is 19.4 Å². The molecule has 1 unspecified atom stereocenters. The fraction of sp³-hybridized carbons (Fsp3) is 0.286. The van der Waals surface area contributed by atoms with Crippen LogP contribution in [-0.2, 0) is 30.4 Å². The fourth-order valence-corrected chi connectivity index (χ4v) is 0.840. The molecule has 0 amide bonds. The predicted octanol–water partition coefficient (Wildman–Crippen LogP) is 1.31. The van der Waals surface area contributed by atoms with Crippen LogP contribution in [0.2, 0.25) is 0 Å². The fourth-order valence-electron chi connectivity index (χ4n) is 0.840. The molecule has 0 heterocycles. The average Bonchev–Trinajstić information content (AvgIpc) is 3.02. The summed E-state index contributed by atoms with van der Waals surface area (Å²) in [4.78, 5) is 0. The van der Waals surface area contributed by atoms with E-state index in [4.69, 9.17) is 19.5 Å². The summed E-state index contributed by atoms with van der Waals surface area (Å²) in [5, 5.41) is 17.2. The van der Waals surface area contributed by atoms with Crippen LogP contribution in [0.1, 0.15) is 13.3 Å². The molecule has 0 aromatic carbocycles. The van der Waals surface area contributed by atoms with E-state index in [1.54, 1.807) is 6.42 Å². The molecular weight excluding hydrogens is 328 g/mol. The van der Waals surface area contributed by atoms with E-state index in [0.717, 1.165) is 5.92 Å². The zero-order valence-electron chi connectivity index (χ0n) is 10.8. The van der Waals surface area contributed by atoms with Crippen molar-refractivity contribution in [2.75, 3.05) is 6.61 Å². The Morgan fingerprint density at radius 3 is 1.68 bits per heavy atom. The summed E-state index contributed by atoms with van der Waals surface area (Å²) in [6.45, 7) is 14.2. The molecule has 8 radical (unpaired) electrons. The number of aliphatic hydroxyl groups is 2. The zero-order valence-corrected chi connectivity index (χ0v) is 12.8. The first-order valence-corrected chi connectivity index (χ1v) is 5.02. The second-order valence-corrected chi connectivity index (χ2v) is 3.05. The molecule has 1 rings (SSSR count). The van der Waals surface area contributed by atoms with E-state index in [2.05, 4.69) is 20.2 Å². The van der Waals surface area contributed by atoms with E-state index in [9.17, 15) is 0 Å². The van der Waals surface area contributed by atoms with Crippen molar-refractivity contribution in [3.05, 3.63) is 64.7 Å². The topological polar surface area (TPSA) is 80.3 Å². The Morgan fingerprint density at radius 1 is 1.16 bits per heavy atom. The third-order valence-electron chi connectivity index (χ3n) is 1.67. The van der Waals surface area contributed by atoms with Gasteiger partial charge in [-0.05, 0) is 57.8 Å². The van der Waals surface area contributed by atoms with Gasteiger partial charge in [-0.3, -0.25) is 0 Å². The molecule has 1 aliphatic rings. The van der Waals surface area contributed by atoms with Crippen molar-refractivity contribution in [3.8, 4) is 0 Å². The molecule has 19 heavy (non-hydrogen) atoms. The molecule has 4 nitrogen and oxygen atoms in total. The third kappa shape index (κ3) is 27.3. The second kappa shape index (κ2) is 26.6. The van der Waals surface area contributed by atoms with E-state index in [1.807, 2.05) is 39.0 Å². The van der Waals surface area contributed by atoms with E-state index in [-0.39, 0.29) is 27.7 Å². The molecular formula is C14H18MoO4. The number of aliphatic hydroxyl groups excluding tert-OH is 2. The quantitative estimate of drug-likeness (QED) is 0.457. The van der Waals surface area contributed by atoms with Crippen molar-refractivity contribution < 1.29 is 40.6 Å². The van der Waals surface area contributed by atoms with Crippen LogP contribution < -0.4 is 0 Å². The van der Waals surface area contributed by atoms with E-state index < -0.39 is 6.10 Å². The van der Waals surface area contributed by atoms with Crippen LogP contribution >= 0.6 is 0 Å². The summed E-state index contributed by atoms with van der Waals surface area (Å²) < 4.78 is 15.0. The Bertz CT molecular complexity index is 157. The normalized spacial score (nSPS) is 13.3. The van der Waals surface area contributed by atoms with Gasteiger partial charge in [-0.15, -0.1) is 0 Å². The first kappa shape index (κ1) is 27.4. The van der Waals surface area contributed by atoms with Crippen molar-refractivity contribution in [1.82, 2.24) is 0 Å². The van der Waals surface area contributed by atoms with Gasteiger partial charge in [0, 0.05) is 21.1 Å². The van der Waals surface area contributed by atoms with Crippen LogP contribution in [0.5, 0.6) is 0 Å². The Morgan fingerprint density at radius 2 is 1.47 bits per heavy atom. The zero-order chi connectivity index (χ0) is 14.8. The van der Waals surface area contributed by atoms with Crippen LogP contribution in [0.3, 0.4) is 0 Å². The largest absolute Gasteiger partial charge is 0.394 e. The molecule has 0 aromatic heterocycles. The van der Waals surface area contributed by atoms with Crippen molar-refractivity contribution >= 4 is 0 Å². The second-order valence-electron chi connectivity index (χ2n) is 3.05. The molecule has 0 saturated heterocycles. The third-order valence-corrected chi connectivity index (χ3v) is 1.67. The summed E-state index contributed by atoms with van der Waals surface area (Å²) >= 11 is 0. The van der Waals surface area contributed by atoms with Gasteiger partial charge in [0.05, 0.1) is 12.7 Å². The molecule has 0 aromatic rings. The maximum Gasteiger partial charge on any atom is 0.0776 e. The summed E-state index contributed by atoms with van der Waals surface area (Å²) in [7, 11) is 0. The molecule has 1 saturated carbocycles. The van der Waals surface area contributed by atoms with Gasteiger partial charge in [0.1, 0.15) is 0 Å². The van der Waals surface area contributed by atoms with Crippen LogP contribution in [-0.4, -0.2) is 22.9 Å². The van der Waals surface area contributed by atoms with Crippen molar-refractivity contribution in [3.63, 3.8) is 0 Å². The minimum atomic E-state index is -0.622. The van der Waals surface area contributed by atoms with Gasteiger partial charge in [-0.2, -0.15) is 0 Å². The van der Waals surface area contributed by atoms with Gasteiger partial charge in [0.25, 0.3) is 0 Å². The van der Waals surface area contributed by atoms with Crippen LogP contribution in [0.4, 0.5) is 0 Å². The molecule has 1 atom stereocenters. The van der Waals surface area contributed by atoms with Gasteiger partial charge in [-0.25, -0.2) is 0 Å². The maximum atomic E-state index is 8.84. The Balaban J connectivity index is -0.0000000956. The summed E-state index contributed by atoms with van der Waals surface area (Å²) in [6, 6.07) is 0. The molecule has 2 N–H and O–H groups in total. The SMILES string of the molecule is [C-]#[O+].[C-]#[O+].[CH2][CH][C](C)CC(O)CO.[CH]1[CH][CH][CH][CH]1.[Mo]. The first-order valence-electron chi connectivity index (χ1n) is 5.02. The van der Waals surface area contributed by atoms with Gasteiger partial charge >= 0.3 is 22.6 Å². The van der Waals surface area contributed by atoms with Gasteiger partial charge in [0.2, 0.25) is 0 Å². The molecule has 5 heteroatoms. The molecule has 104 valence electrons. The number of rotatable bonds is 4. The Labute approximate surface area is 131 Å². The number of hydrogen-bond donors (Lipinski definition) is 2. The van der Waals surface area contributed by atoms with E-state index in [0.29, 0.717) is 6.42 Å². The Hall–Kier alpha value is 0.0883. The van der Waals surface area contributed by atoms with Crippen LogP contribution in [0, 0.1) is 64.7 Å². The minimum absolute atomic E-state index is 0. The molecule has 0 aliphatic heterocycles. The summed E-state index contributed by atoms with van der Waals surface area (Å²) in [6.07, 6.45) is 11.6. The van der Waals surface area contributed by atoms with Crippen molar-refractivity contribution in [2.24, 2.45) is 0 Å².